The van der Waals surface area contributed by atoms with E-state index in [1.807, 2.05) is 6.92 Å². The number of hydrogen-bond donors (Lipinski definition) is 0. The van der Waals surface area contributed by atoms with Crippen molar-refractivity contribution in [2.75, 3.05) is 19.7 Å². The number of carbonyl (C=O) groups excluding carboxylic acids is 1. The zero-order valence-corrected chi connectivity index (χ0v) is 18.1. The van der Waals surface area contributed by atoms with E-state index >= 15 is 0 Å². The zero-order chi connectivity index (χ0) is 20.6. The molecule has 0 radical (unpaired) electrons. The average molecular weight is 404 g/mol. The Balaban J connectivity index is 1.41. The minimum Gasteiger partial charge on any atom is -0.466 e. The minimum absolute atomic E-state index is 0.00338. The van der Waals surface area contributed by atoms with Gasteiger partial charge in [-0.05, 0) is 80.7 Å². The maximum absolute atomic E-state index is 12.4. The second kappa shape index (κ2) is 8.19. The number of hydrogen-bond acceptors (Lipinski definition) is 3. The SMILES string of the molecule is CCOC(=O)C1CCCN(C2CCC3(Cc4ccccc4Cc4ccccc43)C2)C1. The first-order chi connectivity index (χ1) is 14.7. The summed E-state index contributed by atoms with van der Waals surface area (Å²) in [6.07, 6.45) is 7.94. The van der Waals surface area contributed by atoms with Gasteiger partial charge >= 0.3 is 5.97 Å². The van der Waals surface area contributed by atoms with Gasteiger partial charge in [0.25, 0.3) is 0 Å². The minimum atomic E-state index is 0.00338. The summed E-state index contributed by atoms with van der Waals surface area (Å²) in [5.74, 6) is 0.0565. The van der Waals surface area contributed by atoms with Crippen LogP contribution in [0.2, 0.25) is 0 Å². The third kappa shape index (κ3) is 3.58. The van der Waals surface area contributed by atoms with Crippen molar-refractivity contribution in [1.82, 2.24) is 4.90 Å². The molecule has 0 N–H and O–H groups in total. The Morgan fingerprint density at radius 1 is 1.07 bits per heavy atom. The van der Waals surface area contributed by atoms with Crippen LogP contribution in [0.5, 0.6) is 0 Å². The van der Waals surface area contributed by atoms with E-state index in [1.54, 1.807) is 5.56 Å². The molecule has 3 unspecified atom stereocenters. The Morgan fingerprint density at radius 3 is 2.67 bits per heavy atom. The Bertz CT molecular complexity index is 923. The standard InChI is InChI=1S/C27H33NO2/c1-2-30-26(29)23-11-7-15-28(19-23)24-13-14-27(18-24)17-22-10-4-3-8-20(22)16-21-9-5-6-12-25(21)27/h3-6,8-10,12,23-24H,2,7,11,13-19H2,1H3. The van der Waals surface area contributed by atoms with Crippen LogP contribution in [-0.2, 0) is 27.8 Å². The van der Waals surface area contributed by atoms with E-state index < -0.39 is 0 Å². The lowest BCUT2D eigenvalue weighted by Crippen LogP contribution is -2.45. The first kappa shape index (κ1) is 19.8. The van der Waals surface area contributed by atoms with E-state index in [-0.39, 0.29) is 17.3 Å². The second-order valence-corrected chi connectivity index (χ2v) is 9.54. The van der Waals surface area contributed by atoms with Gasteiger partial charge in [-0.3, -0.25) is 9.69 Å². The van der Waals surface area contributed by atoms with Gasteiger partial charge in [-0.2, -0.15) is 0 Å². The monoisotopic (exact) mass is 403 g/mol. The molecule has 1 spiro atoms. The van der Waals surface area contributed by atoms with Crippen molar-refractivity contribution in [3.8, 4) is 0 Å². The van der Waals surface area contributed by atoms with Gasteiger partial charge in [0.1, 0.15) is 0 Å². The van der Waals surface area contributed by atoms with Crippen LogP contribution in [-0.4, -0.2) is 36.6 Å². The summed E-state index contributed by atoms with van der Waals surface area (Å²) in [5, 5.41) is 0. The lowest BCUT2D eigenvalue weighted by Gasteiger charge is -2.37. The molecule has 2 aliphatic carbocycles. The third-order valence-electron chi connectivity index (χ3n) is 7.79. The summed E-state index contributed by atoms with van der Waals surface area (Å²) >= 11 is 0. The molecule has 5 rings (SSSR count). The fourth-order valence-corrected chi connectivity index (χ4v) is 6.36. The second-order valence-electron chi connectivity index (χ2n) is 9.54. The van der Waals surface area contributed by atoms with Crippen molar-refractivity contribution < 1.29 is 9.53 Å². The number of fused-ring (bicyclic) bond motifs is 3. The summed E-state index contributed by atoms with van der Waals surface area (Å²) in [5.41, 5.74) is 6.32. The van der Waals surface area contributed by atoms with Gasteiger partial charge in [0.2, 0.25) is 0 Å². The highest BCUT2D eigenvalue weighted by atomic mass is 16.5. The van der Waals surface area contributed by atoms with E-state index in [4.69, 9.17) is 4.74 Å². The van der Waals surface area contributed by atoms with Crippen LogP contribution < -0.4 is 0 Å². The van der Waals surface area contributed by atoms with Gasteiger partial charge in [0, 0.05) is 18.0 Å². The first-order valence-electron chi connectivity index (χ1n) is 11.7. The molecular formula is C27H33NO2. The van der Waals surface area contributed by atoms with Gasteiger partial charge in [0.05, 0.1) is 12.5 Å². The number of nitrogens with zero attached hydrogens (tertiary/aromatic N) is 1. The molecule has 3 atom stereocenters. The van der Waals surface area contributed by atoms with Gasteiger partial charge in [0.15, 0.2) is 0 Å². The highest BCUT2D eigenvalue weighted by Crippen LogP contribution is 2.49. The van der Waals surface area contributed by atoms with Gasteiger partial charge < -0.3 is 4.74 Å². The highest BCUT2D eigenvalue weighted by Gasteiger charge is 2.45. The number of ether oxygens (including phenoxy) is 1. The molecule has 3 aliphatic rings. The Morgan fingerprint density at radius 2 is 1.83 bits per heavy atom. The van der Waals surface area contributed by atoms with Gasteiger partial charge in [-0.15, -0.1) is 0 Å². The number of piperidine rings is 1. The van der Waals surface area contributed by atoms with Crippen LogP contribution in [0.3, 0.4) is 0 Å². The van der Waals surface area contributed by atoms with E-state index in [1.165, 1.54) is 36.0 Å². The summed E-state index contributed by atoms with van der Waals surface area (Å²) in [6, 6.07) is 18.7. The highest BCUT2D eigenvalue weighted by molar-refractivity contribution is 5.72. The molecule has 0 amide bonds. The topological polar surface area (TPSA) is 29.5 Å². The zero-order valence-electron chi connectivity index (χ0n) is 18.1. The Labute approximate surface area is 180 Å². The van der Waals surface area contributed by atoms with Crippen LogP contribution in [0.15, 0.2) is 48.5 Å². The van der Waals surface area contributed by atoms with Crippen molar-refractivity contribution >= 4 is 5.97 Å². The van der Waals surface area contributed by atoms with Crippen LogP contribution in [0.4, 0.5) is 0 Å². The van der Waals surface area contributed by atoms with Crippen LogP contribution in [0.25, 0.3) is 0 Å². The van der Waals surface area contributed by atoms with Crippen molar-refractivity contribution in [3.63, 3.8) is 0 Å². The molecule has 158 valence electrons. The molecule has 2 aromatic carbocycles. The molecule has 1 heterocycles. The third-order valence-corrected chi connectivity index (χ3v) is 7.79. The molecule has 2 aromatic rings. The fraction of sp³-hybridized carbons (Fsp3) is 0.519. The number of esters is 1. The maximum atomic E-state index is 12.4. The molecule has 1 saturated carbocycles. The molecule has 3 heteroatoms. The van der Waals surface area contributed by atoms with Crippen molar-refractivity contribution in [3.05, 3.63) is 70.8 Å². The van der Waals surface area contributed by atoms with Crippen LogP contribution >= 0.6 is 0 Å². The van der Waals surface area contributed by atoms with Gasteiger partial charge in [-0.25, -0.2) is 0 Å². The number of rotatable bonds is 3. The summed E-state index contributed by atoms with van der Waals surface area (Å²) < 4.78 is 5.34. The quantitative estimate of drug-likeness (QED) is 0.683. The van der Waals surface area contributed by atoms with E-state index in [2.05, 4.69) is 53.4 Å². The molecule has 3 nitrogen and oxygen atoms in total. The largest absolute Gasteiger partial charge is 0.466 e. The molecule has 1 aliphatic heterocycles. The lowest BCUT2D eigenvalue weighted by atomic mass is 9.73. The van der Waals surface area contributed by atoms with E-state index in [0.717, 1.165) is 38.8 Å². The first-order valence-corrected chi connectivity index (χ1v) is 11.7. The van der Waals surface area contributed by atoms with Crippen LogP contribution in [0, 0.1) is 5.92 Å². The normalized spacial score (nSPS) is 28.6. The number of likely N-dealkylation sites (tertiary alicyclic amines) is 1. The van der Waals surface area contributed by atoms with Gasteiger partial charge in [-0.1, -0.05) is 48.5 Å². The van der Waals surface area contributed by atoms with E-state index in [9.17, 15) is 4.79 Å². The lowest BCUT2D eigenvalue weighted by molar-refractivity contribution is -0.150. The summed E-state index contributed by atoms with van der Waals surface area (Å²) in [7, 11) is 0. The maximum Gasteiger partial charge on any atom is 0.310 e. The Hall–Kier alpha value is -2.13. The molecule has 0 bridgehead atoms. The summed E-state index contributed by atoms with van der Waals surface area (Å²) in [4.78, 5) is 15.0. The fourth-order valence-electron chi connectivity index (χ4n) is 6.36. The van der Waals surface area contributed by atoms with Crippen molar-refractivity contribution in [1.29, 1.82) is 0 Å². The molecule has 2 fully saturated rings. The van der Waals surface area contributed by atoms with Crippen molar-refractivity contribution in [2.24, 2.45) is 5.92 Å². The van der Waals surface area contributed by atoms with E-state index in [0.29, 0.717) is 12.6 Å². The molecule has 1 saturated heterocycles. The van der Waals surface area contributed by atoms with Crippen molar-refractivity contribution in [2.45, 2.75) is 63.3 Å². The molecule has 0 aromatic heterocycles. The summed E-state index contributed by atoms with van der Waals surface area (Å²) in [6.45, 7) is 4.38. The molecular weight excluding hydrogens is 370 g/mol. The predicted molar refractivity (Wildman–Crippen MR) is 120 cm³/mol. The predicted octanol–water partition coefficient (Wildman–Crippen LogP) is 4.90. The average Bonchev–Trinajstić information content (AvgIpc) is 3.14. The number of benzene rings is 2. The molecule has 30 heavy (non-hydrogen) atoms. The van der Waals surface area contributed by atoms with Crippen LogP contribution in [0.1, 0.15) is 61.3 Å². The number of carbonyl (C=O) groups is 1. The Kier molecular flexibility index (Phi) is 5.41. The smallest absolute Gasteiger partial charge is 0.310 e.